The topological polar surface area (TPSA) is 42.2 Å². The summed E-state index contributed by atoms with van der Waals surface area (Å²) in [6, 6.07) is 6.27. The predicted octanol–water partition coefficient (Wildman–Crippen LogP) is 4.15. The largest absolute Gasteiger partial charge is 0.337 e. The van der Waals surface area contributed by atoms with Crippen molar-refractivity contribution in [3.8, 4) is 0 Å². The fourth-order valence-electron chi connectivity index (χ4n) is 1.84. The Morgan fingerprint density at radius 3 is 3.05 bits per heavy atom. The summed E-state index contributed by atoms with van der Waals surface area (Å²) in [6.07, 6.45) is 5.54. The van der Waals surface area contributed by atoms with Gasteiger partial charge in [0.05, 0.1) is 0 Å². The molecule has 2 heterocycles. The van der Waals surface area contributed by atoms with Crippen LogP contribution in [0.4, 0.5) is 11.5 Å². The summed E-state index contributed by atoms with van der Waals surface area (Å²) in [5.74, 6) is 0.740. The van der Waals surface area contributed by atoms with Crippen molar-refractivity contribution in [2.75, 3.05) is 5.32 Å². The molecule has 96 valence electrons. The number of imidazole rings is 1. The van der Waals surface area contributed by atoms with Crippen LogP contribution in [-0.2, 0) is 0 Å². The van der Waals surface area contributed by atoms with Crippen molar-refractivity contribution >= 4 is 55.7 Å². The van der Waals surface area contributed by atoms with Gasteiger partial charge in [0.25, 0.3) is 0 Å². The molecule has 0 unspecified atom stereocenters. The van der Waals surface area contributed by atoms with E-state index in [9.17, 15) is 0 Å². The van der Waals surface area contributed by atoms with E-state index in [2.05, 4.69) is 78.9 Å². The van der Waals surface area contributed by atoms with Crippen molar-refractivity contribution in [1.29, 1.82) is 0 Å². The second-order valence-corrected chi connectivity index (χ2v) is 6.21. The van der Waals surface area contributed by atoms with Crippen molar-refractivity contribution in [1.82, 2.24) is 14.4 Å². The van der Waals surface area contributed by atoms with Crippen LogP contribution in [0.2, 0.25) is 0 Å². The fraction of sp³-hybridized carbons (Fsp3) is 0.0769. The van der Waals surface area contributed by atoms with Crippen LogP contribution < -0.4 is 5.32 Å². The first-order valence-corrected chi connectivity index (χ1v) is 7.53. The molecule has 3 aromatic rings. The average molecular weight is 429 g/mol. The van der Waals surface area contributed by atoms with E-state index in [1.807, 2.05) is 16.8 Å². The van der Waals surface area contributed by atoms with Crippen LogP contribution in [-0.4, -0.2) is 14.4 Å². The Bertz CT molecular complexity index is 753. The maximum atomic E-state index is 4.46. The second kappa shape index (κ2) is 5.09. The first kappa shape index (κ1) is 12.9. The molecule has 0 fully saturated rings. The summed E-state index contributed by atoms with van der Waals surface area (Å²) < 4.78 is 3.88. The average Bonchev–Trinajstić information content (AvgIpc) is 2.82. The first-order chi connectivity index (χ1) is 9.13. The molecule has 0 atom stereocenters. The zero-order valence-electron chi connectivity index (χ0n) is 10.1. The summed E-state index contributed by atoms with van der Waals surface area (Å²) in [5, 5.41) is 3.35. The van der Waals surface area contributed by atoms with Crippen LogP contribution in [0.1, 0.15) is 5.56 Å². The van der Waals surface area contributed by atoms with Crippen LogP contribution in [0, 0.1) is 10.5 Å². The summed E-state index contributed by atoms with van der Waals surface area (Å²) >= 11 is 5.71. The molecule has 1 aromatic carbocycles. The van der Waals surface area contributed by atoms with Gasteiger partial charge in [0.2, 0.25) is 0 Å². The molecule has 0 bridgehead atoms. The number of anilines is 2. The summed E-state index contributed by atoms with van der Waals surface area (Å²) in [6.45, 7) is 2.07. The number of aryl methyl sites for hydroxylation is 1. The normalized spacial score (nSPS) is 10.9. The highest BCUT2D eigenvalue weighted by Crippen LogP contribution is 2.25. The van der Waals surface area contributed by atoms with E-state index in [4.69, 9.17) is 0 Å². The van der Waals surface area contributed by atoms with Gasteiger partial charge in [-0.25, -0.2) is 9.97 Å². The number of nitrogens with zero attached hydrogens (tertiary/aromatic N) is 3. The van der Waals surface area contributed by atoms with Crippen LogP contribution in [0.5, 0.6) is 0 Å². The molecule has 1 N–H and O–H groups in total. The Morgan fingerprint density at radius 2 is 2.21 bits per heavy atom. The van der Waals surface area contributed by atoms with E-state index >= 15 is 0 Å². The van der Waals surface area contributed by atoms with Crippen LogP contribution in [0.25, 0.3) is 5.65 Å². The maximum absolute atomic E-state index is 4.46. The summed E-state index contributed by atoms with van der Waals surface area (Å²) in [5.41, 5.74) is 3.02. The molecular weight excluding hydrogens is 419 g/mol. The van der Waals surface area contributed by atoms with Gasteiger partial charge in [-0.15, -0.1) is 0 Å². The maximum Gasteiger partial charge on any atom is 0.180 e. The molecule has 6 heteroatoms. The third kappa shape index (κ3) is 2.59. The molecule has 0 saturated carbocycles. The van der Waals surface area contributed by atoms with Gasteiger partial charge >= 0.3 is 0 Å². The SMILES string of the molecule is Cc1ccc(I)cc1Nc1nc(Br)cn2ccnc12. The Labute approximate surface area is 132 Å². The van der Waals surface area contributed by atoms with Gasteiger partial charge in [-0.05, 0) is 63.1 Å². The van der Waals surface area contributed by atoms with Gasteiger partial charge in [0.1, 0.15) is 4.60 Å². The molecule has 0 radical (unpaired) electrons. The van der Waals surface area contributed by atoms with E-state index in [0.717, 1.165) is 21.8 Å². The number of nitrogens with one attached hydrogen (secondary N) is 1. The Morgan fingerprint density at radius 1 is 1.37 bits per heavy atom. The minimum Gasteiger partial charge on any atom is -0.337 e. The highest BCUT2D eigenvalue weighted by Gasteiger charge is 2.08. The number of hydrogen-bond donors (Lipinski definition) is 1. The highest BCUT2D eigenvalue weighted by atomic mass is 127. The lowest BCUT2D eigenvalue weighted by molar-refractivity contribution is 1.10. The molecule has 3 rings (SSSR count). The minimum absolute atomic E-state index is 0.740. The standard InChI is InChI=1S/C13H10BrIN4/c1-8-2-3-9(15)6-10(8)17-12-13-16-4-5-19(13)7-11(14)18-12/h2-7H,1H3,(H,17,18). The Balaban J connectivity index is 2.10. The predicted molar refractivity (Wildman–Crippen MR) is 87.9 cm³/mol. The summed E-state index contributed by atoms with van der Waals surface area (Å²) in [7, 11) is 0. The molecule has 0 amide bonds. The van der Waals surface area contributed by atoms with E-state index in [1.54, 1.807) is 6.20 Å². The van der Waals surface area contributed by atoms with E-state index < -0.39 is 0 Å². The van der Waals surface area contributed by atoms with Gasteiger partial charge in [0, 0.05) is 27.8 Å². The molecule has 0 spiro atoms. The monoisotopic (exact) mass is 428 g/mol. The molecule has 2 aromatic heterocycles. The quantitative estimate of drug-likeness (QED) is 0.623. The smallest absolute Gasteiger partial charge is 0.180 e. The third-order valence-electron chi connectivity index (χ3n) is 2.80. The minimum atomic E-state index is 0.740. The zero-order valence-corrected chi connectivity index (χ0v) is 13.8. The summed E-state index contributed by atoms with van der Waals surface area (Å²) in [4.78, 5) is 8.78. The molecule has 0 aliphatic carbocycles. The van der Waals surface area contributed by atoms with Crippen molar-refractivity contribution in [3.63, 3.8) is 0 Å². The highest BCUT2D eigenvalue weighted by molar-refractivity contribution is 14.1. The Kier molecular flexibility index (Phi) is 3.44. The van der Waals surface area contributed by atoms with Gasteiger partial charge < -0.3 is 9.72 Å². The number of rotatable bonds is 2. The number of halogens is 2. The van der Waals surface area contributed by atoms with Gasteiger partial charge in [-0.1, -0.05) is 6.07 Å². The van der Waals surface area contributed by atoms with Crippen LogP contribution in [0.3, 0.4) is 0 Å². The number of fused-ring (bicyclic) bond motifs is 1. The van der Waals surface area contributed by atoms with Gasteiger partial charge in [0.15, 0.2) is 11.5 Å². The van der Waals surface area contributed by atoms with E-state index in [1.165, 1.54) is 9.13 Å². The number of hydrogen-bond acceptors (Lipinski definition) is 3. The lowest BCUT2D eigenvalue weighted by Gasteiger charge is -2.10. The first-order valence-electron chi connectivity index (χ1n) is 5.66. The number of benzene rings is 1. The molecule has 0 aliphatic rings. The zero-order chi connectivity index (χ0) is 13.4. The van der Waals surface area contributed by atoms with E-state index in [-0.39, 0.29) is 0 Å². The molecule has 0 aliphatic heterocycles. The van der Waals surface area contributed by atoms with Crippen molar-refractivity contribution < 1.29 is 0 Å². The lowest BCUT2D eigenvalue weighted by atomic mass is 10.2. The second-order valence-electron chi connectivity index (χ2n) is 4.15. The lowest BCUT2D eigenvalue weighted by Crippen LogP contribution is -2.00. The van der Waals surface area contributed by atoms with E-state index in [0.29, 0.717) is 0 Å². The number of aromatic nitrogens is 3. The Hall–Kier alpha value is -1.15. The van der Waals surface area contributed by atoms with Crippen molar-refractivity contribution in [3.05, 3.63) is 50.5 Å². The molecule has 0 saturated heterocycles. The fourth-order valence-corrected chi connectivity index (χ4v) is 2.73. The molecular formula is C13H10BrIN4. The van der Waals surface area contributed by atoms with Crippen LogP contribution >= 0.6 is 38.5 Å². The van der Waals surface area contributed by atoms with Gasteiger partial charge in [-0.3, -0.25) is 0 Å². The van der Waals surface area contributed by atoms with Crippen molar-refractivity contribution in [2.45, 2.75) is 6.92 Å². The molecule has 4 nitrogen and oxygen atoms in total. The molecule has 19 heavy (non-hydrogen) atoms. The van der Waals surface area contributed by atoms with Crippen LogP contribution in [0.15, 0.2) is 41.4 Å². The van der Waals surface area contributed by atoms with Gasteiger partial charge in [-0.2, -0.15) is 0 Å². The third-order valence-corrected chi connectivity index (χ3v) is 3.85. The van der Waals surface area contributed by atoms with Crippen molar-refractivity contribution in [2.24, 2.45) is 0 Å².